The highest BCUT2D eigenvalue weighted by atomic mass is 15.1. The molecule has 21 heavy (non-hydrogen) atoms. The average Bonchev–Trinajstić information content (AvgIpc) is 2.90. The van der Waals surface area contributed by atoms with Crippen LogP contribution in [0.4, 0.5) is 0 Å². The molecule has 1 atom stereocenters. The van der Waals surface area contributed by atoms with Crippen molar-refractivity contribution in [2.24, 2.45) is 0 Å². The fourth-order valence-electron chi connectivity index (χ4n) is 3.51. The number of likely N-dealkylation sites (N-methyl/N-ethyl adjacent to an activating group) is 1. The third-order valence-corrected chi connectivity index (χ3v) is 4.85. The minimum Gasteiger partial charge on any atom is -0.358 e. The number of benzene rings is 1. The summed E-state index contributed by atoms with van der Waals surface area (Å²) in [6, 6.07) is 9.34. The number of nitrogens with one attached hydrogen (secondary N) is 2. The Kier molecular flexibility index (Phi) is 4.61. The Morgan fingerprint density at radius 2 is 2.05 bits per heavy atom. The van der Waals surface area contributed by atoms with Gasteiger partial charge in [-0.05, 0) is 44.0 Å². The number of nitrogens with zero attached hydrogens (tertiary/aromatic N) is 1. The molecule has 0 fully saturated rings. The first-order valence-electron chi connectivity index (χ1n) is 8.36. The van der Waals surface area contributed by atoms with Crippen LogP contribution >= 0.6 is 0 Å². The summed E-state index contributed by atoms with van der Waals surface area (Å²) in [6.07, 6.45) is 3.59. The number of hydrogen-bond acceptors (Lipinski definition) is 2. The first kappa shape index (κ1) is 14.6. The van der Waals surface area contributed by atoms with E-state index in [2.05, 4.69) is 53.3 Å². The average molecular weight is 285 g/mol. The monoisotopic (exact) mass is 285 g/mol. The van der Waals surface area contributed by atoms with Crippen molar-refractivity contribution in [3.05, 3.63) is 35.5 Å². The molecule has 1 aliphatic rings. The fraction of sp³-hybridized carbons (Fsp3) is 0.556. The van der Waals surface area contributed by atoms with Crippen molar-refractivity contribution >= 4 is 10.9 Å². The lowest BCUT2D eigenvalue weighted by molar-refractivity contribution is 0.293. The minimum atomic E-state index is 0.632. The summed E-state index contributed by atoms with van der Waals surface area (Å²) in [4.78, 5) is 6.07. The second kappa shape index (κ2) is 6.63. The van der Waals surface area contributed by atoms with Crippen molar-refractivity contribution in [2.45, 2.75) is 39.2 Å². The normalized spacial score (nSPS) is 18.3. The van der Waals surface area contributed by atoms with Crippen LogP contribution in [0, 0.1) is 0 Å². The maximum absolute atomic E-state index is 3.76. The van der Waals surface area contributed by atoms with E-state index in [-0.39, 0.29) is 0 Å². The molecule has 0 radical (unpaired) electrons. The molecule has 0 spiro atoms. The number of H-pyrrole nitrogens is 1. The van der Waals surface area contributed by atoms with Gasteiger partial charge in [-0.1, -0.05) is 32.0 Å². The highest BCUT2D eigenvalue weighted by molar-refractivity contribution is 5.84. The van der Waals surface area contributed by atoms with E-state index >= 15 is 0 Å². The summed E-state index contributed by atoms with van der Waals surface area (Å²) in [5, 5.41) is 5.18. The lowest BCUT2D eigenvalue weighted by Crippen LogP contribution is -2.39. The summed E-state index contributed by atoms with van der Waals surface area (Å²) in [7, 11) is 0. The van der Waals surface area contributed by atoms with Gasteiger partial charge in [0.05, 0.1) is 0 Å². The second-order valence-corrected chi connectivity index (χ2v) is 6.05. The zero-order valence-corrected chi connectivity index (χ0v) is 13.3. The van der Waals surface area contributed by atoms with Crippen molar-refractivity contribution in [3.8, 4) is 0 Å². The number of fused-ring (bicyclic) bond motifs is 3. The lowest BCUT2D eigenvalue weighted by atomic mass is 9.91. The van der Waals surface area contributed by atoms with E-state index in [1.54, 1.807) is 0 Å². The molecular formula is C18H27N3. The highest BCUT2D eigenvalue weighted by Crippen LogP contribution is 2.28. The molecule has 0 aliphatic heterocycles. The summed E-state index contributed by atoms with van der Waals surface area (Å²) in [5.41, 5.74) is 4.29. The standard InChI is InChI=1S/C18H27N3/c1-3-21(4-2)12-11-19-14-9-10-18-16(13-14)15-7-5-6-8-17(15)20-18/h5-8,14,19-20H,3-4,9-13H2,1-2H3. The molecule has 3 nitrogen and oxygen atoms in total. The Morgan fingerprint density at radius 1 is 1.24 bits per heavy atom. The molecule has 1 unspecified atom stereocenters. The Labute approximate surface area is 127 Å². The first-order chi connectivity index (χ1) is 10.3. The second-order valence-electron chi connectivity index (χ2n) is 6.05. The quantitative estimate of drug-likeness (QED) is 0.855. The molecular weight excluding hydrogens is 258 g/mol. The van der Waals surface area contributed by atoms with Crippen molar-refractivity contribution in [1.82, 2.24) is 15.2 Å². The molecule has 0 saturated heterocycles. The number of hydrogen-bond donors (Lipinski definition) is 2. The van der Waals surface area contributed by atoms with Crippen LogP contribution in [0.25, 0.3) is 10.9 Å². The van der Waals surface area contributed by atoms with Crippen molar-refractivity contribution < 1.29 is 0 Å². The Morgan fingerprint density at radius 3 is 2.86 bits per heavy atom. The molecule has 3 rings (SSSR count). The van der Waals surface area contributed by atoms with Crippen molar-refractivity contribution in [2.75, 3.05) is 26.2 Å². The van der Waals surface area contributed by atoms with Gasteiger partial charge >= 0.3 is 0 Å². The van der Waals surface area contributed by atoms with Gasteiger partial charge in [0.25, 0.3) is 0 Å². The van der Waals surface area contributed by atoms with Crippen LogP contribution in [0.1, 0.15) is 31.5 Å². The van der Waals surface area contributed by atoms with Gasteiger partial charge in [0, 0.05) is 35.7 Å². The summed E-state index contributed by atoms with van der Waals surface area (Å²) < 4.78 is 0. The van der Waals surface area contributed by atoms with E-state index in [9.17, 15) is 0 Å². The van der Waals surface area contributed by atoms with E-state index < -0.39 is 0 Å². The van der Waals surface area contributed by atoms with Crippen LogP contribution in [0.5, 0.6) is 0 Å². The number of aryl methyl sites for hydroxylation is 1. The van der Waals surface area contributed by atoms with Gasteiger partial charge in [0.15, 0.2) is 0 Å². The molecule has 1 heterocycles. The van der Waals surface area contributed by atoms with Gasteiger partial charge in [-0.3, -0.25) is 0 Å². The summed E-state index contributed by atoms with van der Waals surface area (Å²) >= 11 is 0. The molecule has 0 bridgehead atoms. The number of aromatic amines is 1. The number of aromatic nitrogens is 1. The van der Waals surface area contributed by atoms with Gasteiger partial charge < -0.3 is 15.2 Å². The van der Waals surface area contributed by atoms with E-state index in [1.165, 1.54) is 35.0 Å². The maximum atomic E-state index is 3.76. The smallest absolute Gasteiger partial charge is 0.0458 e. The van der Waals surface area contributed by atoms with Gasteiger partial charge in [-0.25, -0.2) is 0 Å². The SMILES string of the molecule is CCN(CC)CCNC1CCc2[nH]c3ccccc3c2C1. The van der Waals surface area contributed by atoms with Gasteiger partial charge in [0.1, 0.15) is 0 Å². The largest absolute Gasteiger partial charge is 0.358 e. The fourth-order valence-corrected chi connectivity index (χ4v) is 3.51. The Balaban J connectivity index is 1.62. The van der Waals surface area contributed by atoms with Crippen LogP contribution in [0.3, 0.4) is 0 Å². The topological polar surface area (TPSA) is 31.1 Å². The molecule has 114 valence electrons. The molecule has 1 aromatic heterocycles. The molecule has 2 N–H and O–H groups in total. The molecule has 1 aromatic carbocycles. The van der Waals surface area contributed by atoms with E-state index in [0.717, 1.165) is 32.6 Å². The van der Waals surface area contributed by atoms with E-state index in [0.29, 0.717) is 6.04 Å². The van der Waals surface area contributed by atoms with Crippen LogP contribution in [0.2, 0.25) is 0 Å². The minimum absolute atomic E-state index is 0.632. The molecule has 3 heteroatoms. The van der Waals surface area contributed by atoms with E-state index in [1.807, 2.05) is 0 Å². The molecule has 1 aliphatic carbocycles. The van der Waals surface area contributed by atoms with Gasteiger partial charge in [-0.2, -0.15) is 0 Å². The predicted octanol–water partition coefficient (Wildman–Crippen LogP) is 2.96. The number of para-hydroxylation sites is 1. The summed E-state index contributed by atoms with van der Waals surface area (Å²) in [5.74, 6) is 0. The first-order valence-corrected chi connectivity index (χ1v) is 8.36. The van der Waals surface area contributed by atoms with Crippen molar-refractivity contribution in [1.29, 1.82) is 0 Å². The Bertz CT molecular complexity index is 583. The lowest BCUT2D eigenvalue weighted by Gasteiger charge is -2.25. The van der Waals surface area contributed by atoms with Gasteiger partial charge in [0.2, 0.25) is 0 Å². The number of rotatable bonds is 6. The van der Waals surface area contributed by atoms with E-state index in [4.69, 9.17) is 0 Å². The van der Waals surface area contributed by atoms with Crippen LogP contribution in [-0.4, -0.2) is 42.1 Å². The van der Waals surface area contributed by atoms with Crippen molar-refractivity contribution in [3.63, 3.8) is 0 Å². The molecule has 0 saturated carbocycles. The zero-order chi connectivity index (χ0) is 14.7. The van der Waals surface area contributed by atoms with Crippen LogP contribution < -0.4 is 5.32 Å². The maximum Gasteiger partial charge on any atom is 0.0458 e. The predicted molar refractivity (Wildman–Crippen MR) is 89.9 cm³/mol. The summed E-state index contributed by atoms with van der Waals surface area (Å²) in [6.45, 7) is 9.03. The molecule has 2 aromatic rings. The highest BCUT2D eigenvalue weighted by Gasteiger charge is 2.21. The third kappa shape index (κ3) is 3.14. The third-order valence-electron chi connectivity index (χ3n) is 4.85. The zero-order valence-electron chi connectivity index (χ0n) is 13.3. The molecule has 0 amide bonds. The van der Waals surface area contributed by atoms with Gasteiger partial charge in [-0.15, -0.1) is 0 Å². The van der Waals surface area contributed by atoms with Crippen LogP contribution in [0.15, 0.2) is 24.3 Å². The van der Waals surface area contributed by atoms with Crippen LogP contribution in [-0.2, 0) is 12.8 Å². The Hall–Kier alpha value is -1.32.